The molecule has 28 heavy (non-hydrogen) atoms. The molecule has 0 amide bonds. The first-order chi connectivity index (χ1) is 13.4. The average Bonchev–Trinajstić information content (AvgIpc) is 3.19. The van der Waals surface area contributed by atoms with E-state index in [1.54, 1.807) is 30.3 Å². The molecule has 6 nitrogen and oxygen atoms in total. The number of sulfonamides is 1. The van der Waals surface area contributed by atoms with Gasteiger partial charge in [0.2, 0.25) is 21.8 Å². The van der Waals surface area contributed by atoms with Crippen molar-refractivity contribution >= 4 is 21.6 Å². The maximum atomic E-state index is 13.0. The summed E-state index contributed by atoms with van der Waals surface area (Å²) in [6.45, 7) is 0.710. The van der Waals surface area contributed by atoms with Gasteiger partial charge in [-0.1, -0.05) is 17.7 Å². The zero-order valence-corrected chi connectivity index (χ0v) is 16.3. The average molecular weight is 422 g/mol. The standard InChI is InChI=1S/C19H17ClFN3O3S/c20-15-2-1-3-17(12-15)28(25,26)24-10-8-14(9-11-24)19-23-22-18(27-19)13-4-6-16(21)7-5-13/h1-7,12,14H,8-11H2. The lowest BCUT2D eigenvalue weighted by atomic mass is 9.98. The lowest BCUT2D eigenvalue weighted by Crippen LogP contribution is -2.37. The molecule has 0 aliphatic carbocycles. The summed E-state index contributed by atoms with van der Waals surface area (Å²) in [6, 6.07) is 12.1. The molecule has 146 valence electrons. The van der Waals surface area contributed by atoms with E-state index in [0.29, 0.717) is 48.3 Å². The highest BCUT2D eigenvalue weighted by atomic mass is 35.5. The van der Waals surface area contributed by atoms with Gasteiger partial charge in [0.05, 0.1) is 4.90 Å². The van der Waals surface area contributed by atoms with Crippen LogP contribution >= 0.6 is 11.6 Å². The Morgan fingerprint density at radius 3 is 2.46 bits per heavy atom. The Bertz CT molecular complexity index is 1080. The molecule has 9 heteroatoms. The third-order valence-electron chi connectivity index (χ3n) is 4.77. The van der Waals surface area contributed by atoms with Crippen molar-refractivity contribution < 1.29 is 17.2 Å². The van der Waals surface area contributed by atoms with E-state index in [4.69, 9.17) is 16.0 Å². The Balaban J connectivity index is 1.45. The van der Waals surface area contributed by atoms with Crippen LogP contribution in [0.3, 0.4) is 0 Å². The van der Waals surface area contributed by atoms with Gasteiger partial charge >= 0.3 is 0 Å². The molecule has 2 heterocycles. The summed E-state index contributed by atoms with van der Waals surface area (Å²) >= 11 is 5.92. The highest BCUT2D eigenvalue weighted by Crippen LogP contribution is 2.32. The predicted octanol–water partition coefficient (Wildman–Crippen LogP) is 4.10. The summed E-state index contributed by atoms with van der Waals surface area (Å²) in [5.41, 5.74) is 0.640. The van der Waals surface area contributed by atoms with Crippen molar-refractivity contribution in [1.82, 2.24) is 14.5 Å². The summed E-state index contributed by atoms with van der Waals surface area (Å²) in [7, 11) is -3.59. The monoisotopic (exact) mass is 421 g/mol. The van der Waals surface area contributed by atoms with Crippen LogP contribution in [0.5, 0.6) is 0 Å². The minimum atomic E-state index is -3.59. The van der Waals surface area contributed by atoms with E-state index in [9.17, 15) is 12.8 Å². The van der Waals surface area contributed by atoms with Crippen molar-refractivity contribution in [3.63, 3.8) is 0 Å². The Hall–Kier alpha value is -2.29. The van der Waals surface area contributed by atoms with Gasteiger partial charge in [0.1, 0.15) is 5.82 Å². The van der Waals surface area contributed by atoms with Crippen molar-refractivity contribution in [2.75, 3.05) is 13.1 Å². The first-order valence-electron chi connectivity index (χ1n) is 8.78. The fourth-order valence-corrected chi connectivity index (χ4v) is 5.00. The normalized spacial score (nSPS) is 16.4. The van der Waals surface area contributed by atoms with Gasteiger partial charge in [-0.25, -0.2) is 12.8 Å². The molecule has 0 spiro atoms. The number of halogens is 2. The molecule has 1 aliphatic heterocycles. The van der Waals surface area contributed by atoms with Crippen LogP contribution in [-0.2, 0) is 10.0 Å². The molecule has 3 aromatic rings. The number of piperidine rings is 1. The van der Waals surface area contributed by atoms with Crippen LogP contribution in [0.25, 0.3) is 11.5 Å². The smallest absolute Gasteiger partial charge is 0.247 e. The molecule has 2 aromatic carbocycles. The van der Waals surface area contributed by atoms with Crippen LogP contribution in [0, 0.1) is 5.82 Å². The second kappa shape index (κ2) is 7.62. The van der Waals surface area contributed by atoms with E-state index in [-0.39, 0.29) is 16.6 Å². The highest BCUT2D eigenvalue weighted by Gasteiger charge is 2.32. The molecule has 0 bridgehead atoms. The molecule has 1 saturated heterocycles. The van der Waals surface area contributed by atoms with Gasteiger partial charge in [0.25, 0.3) is 0 Å². The van der Waals surface area contributed by atoms with Gasteiger partial charge in [-0.2, -0.15) is 4.31 Å². The molecule has 0 atom stereocenters. The fraction of sp³-hybridized carbons (Fsp3) is 0.263. The Morgan fingerprint density at radius 2 is 1.79 bits per heavy atom. The van der Waals surface area contributed by atoms with Crippen molar-refractivity contribution in [3.8, 4) is 11.5 Å². The molecule has 0 saturated carbocycles. The zero-order valence-electron chi connectivity index (χ0n) is 14.8. The third kappa shape index (κ3) is 3.80. The summed E-state index contributed by atoms with van der Waals surface area (Å²) in [5, 5.41) is 8.51. The number of nitrogens with zero attached hydrogens (tertiary/aromatic N) is 3. The Labute approximate surface area is 167 Å². The van der Waals surface area contributed by atoms with E-state index < -0.39 is 10.0 Å². The van der Waals surface area contributed by atoms with Gasteiger partial charge in [-0.3, -0.25) is 0 Å². The maximum absolute atomic E-state index is 13.0. The van der Waals surface area contributed by atoms with Crippen LogP contribution in [0.1, 0.15) is 24.7 Å². The van der Waals surface area contributed by atoms with Crippen LogP contribution in [0.2, 0.25) is 5.02 Å². The molecular weight excluding hydrogens is 405 g/mol. The number of rotatable bonds is 4. The molecule has 4 rings (SSSR count). The molecular formula is C19H17ClFN3O3S. The van der Waals surface area contributed by atoms with Crippen LogP contribution in [-0.4, -0.2) is 36.0 Å². The van der Waals surface area contributed by atoms with Crippen LogP contribution in [0.4, 0.5) is 4.39 Å². The van der Waals surface area contributed by atoms with E-state index in [2.05, 4.69) is 10.2 Å². The second-order valence-electron chi connectivity index (χ2n) is 6.59. The first kappa shape index (κ1) is 19.0. The van der Waals surface area contributed by atoms with Crippen molar-refractivity contribution in [3.05, 3.63) is 65.3 Å². The Kier molecular flexibility index (Phi) is 5.18. The quantitative estimate of drug-likeness (QED) is 0.634. The molecule has 0 N–H and O–H groups in total. The predicted molar refractivity (Wildman–Crippen MR) is 102 cm³/mol. The highest BCUT2D eigenvalue weighted by molar-refractivity contribution is 7.89. The number of hydrogen-bond acceptors (Lipinski definition) is 5. The van der Waals surface area contributed by atoms with Gasteiger partial charge < -0.3 is 4.42 Å². The van der Waals surface area contributed by atoms with Crippen LogP contribution < -0.4 is 0 Å². The lowest BCUT2D eigenvalue weighted by molar-refractivity contribution is 0.291. The number of hydrogen-bond donors (Lipinski definition) is 0. The number of benzene rings is 2. The summed E-state index contributed by atoms with van der Waals surface area (Å²) in [4.78, 5) is 0.190. The minimum absolute atomic E-state index is 0.0208. The summed E-state index contributed by atoms with van der Waals surface area (Å²) < 4.78 is 45.8. The topological polar surface area (TPSA) is 76.3 Å². The van der Waals surface area contributed by atoms with Gasteiger partial charge in [-0.15, -0.1) is 10.2 Å². The number of aromatic nitrogens is 2. The van der Waals surface area contributed by atoms with Gasteiger partial charge in [0.15, 0.2) is 0 Å². The lowest BCUT2D eigenvalue weighted by Gasteiger charge is -2.29. The molecule has 0 radical (unpaired) electrons. The Morgan fingerprint density at radius 1 is 1.07 bits per heavy atom. The summed E-state index contributed by atoms with van der Waals surface area (Å²) in [5.74, 6) is 0.437. The second-order valence-corrected chi connectivity index (χ2v) is 8.96. The summed E-state index contributed by atoms with van der Waals surface area (Å²) in [6.07, 6.45) is 1.15. The van der Waals surface area contributed by atoms with Crippen molar-refractivity contribution in [2.45, 2.75) is 23.7 Å². The molecule has 1 aliphatic rings. The molecule has 1 fully saturated rings. The van der Waals surface area contributed by atoms with E-state index in [0.717, 1.165) is 0 Å². The van der Waals surface area contributed by atoms with Gasteiger partial charge in [0, 0.05) is 29.6 Å². The molecule has 1 aromatic heterocycles. The zero-order chi connectivity index (χ0) is 19.7. The van der Waals surface area contributed by atoms with E-state index >= 15 is 0 Å². The SMILES string of the molecule is O=S(=O)(c1cccc(Cl)c1)N1CCC(c2nnc(-c3ccc(F)cc3)o2)CC1. The minimum Gasteiger partial charge on any atom is -0.420 e. The largest absolute Gasteiger partial charge is 0.420 e. The van der Waals surface area contributed by atoms with Crippen molar-refractivity contribution in [2.24, 2.45) is 0 Å². The van der Waals surface area contributed by atoms with Gasteiger partial charge in [-0.05, 0) is 55.3 Å². The first-order valence-corrected chi connectivity index (χ1v) is 10.6. The van der Waals surface area contributed by atoms with Crippen LogP contribution in [0.15, 0.2) is 57.8 Å². The fourth-order valence-electron chi connectivity index (χ4n) is 3.23. The molecule has 0 unspecified atom stereocenters. The third-order valence-corrected chi connectivity index (χ3v) is 6.90. The van der Waals surface area contributed by atoms with Crippen molar-refractivity contribution in [1.29, 1.82) is 0 Å². The van der Waals surface area contributed by atoms with E-state index in [1.807, 2.05) is 0 Å². The van der Waals surface area contributed by atoms with E-state index in [1.165, 1.54) is 22.5 Å². The maximum Gasteiger partial charge on any atom is 0.247 e.